The lowest BCUT2D eigenvalue weighted by Crippen LogP contribution is -2.20. The van der Waals surface area contributed by atoms with Crippen LogP contribution in [0.2, 0.25) is 0 Å². The van der Waals surface area contributed by atoms with Crippen LogP contribution in [0.3, 0.4) is 0 Å². The summed E-state index contributed by atoms with van der Waals surface area (Å²) in [6.45, 7) is 2.58. The smallest absolute Gasteiger partial charge is 0.259 e. The van der Waals surface area contributed by atoms with Gasteiger partial charge >= 0.3 is 0 Å². The Hall–Kier alpha value is -2.94. The number of rotatable bonds is 3. The Labute approximate surface area is 157 Å². The van der Waals surface area contributed by atoms with Gasteiger partial charge in [0.15, 0.2) is 5.82 Å². The van der Waals surface area contributed by atoms with E-state index in [1.165, 1.54) is 23.5 Å². The molecule has 4 aromatic rings. The zero-order valence-corrected chi connectivity index (χ0v) is 15.3. The van der Waals surface area contributed by atoms with E-state index in [4.69, 9.17) is 4.42 Å². The summed E-state index contributed by atoms with van der Waals surface area (Å²) < 4.78 is 21.2. The molecule has 0 radical (unpaired) electrons. The molecule has 0 amide bonds. The number of fused-ring (bicyclic) bond motifs is 1. The van der Waals surface area contributed by atoms with Gasteiger partial charge in [-0.3, -0.25) is 0 Å². The largest absolute Gasteiger partial charge is 0.419 e. The van der Waals surface area contributed by atoms with E-state index < -0.39 is 0 Å². The van der Waals surface area contributed by atoms with Crippen molar-refractivity contribution in [3.63, 3.8) is 0 Å². The molecule has 1 aliphatic heterocycles. The van der Waals surface area contributed by atoms with E-state index in [0.717, 1.165) is 40.6 Å². The average Bonchev–Trinajstić information content (AvgIpc) is 3.40. The van der Waals surface area contributed by atoms with Crippen molar-refractivity contribution in [1.82, 2.24) is 29.9 Å². The van der Waals surface area contributed by atoms with Crippen LogP contribution in [-0.4, -0.2) is 29.9 Å². The van der Waals surface area contributed by atoms with Gasteiger partial charge in [-0.15, -0.1) is 31.7 Å². The molecule has 0 N–H and O–H groups in total. The summed E-state index contributed by atoms with van der Waals surface area (Å²) in [4.78, 5) is 5.14. The lowest BCUT2D eigenvalue weighted by atomic mass is 9.99. The fraction of sp³-hybridized carbons (Fsp3) is 0.278. The number of halogens is 1. The van der Waals surface area contributed by atoms with E-state index in [9.17, 15) is 4.39 Å². The Balaban J connectivity index is 1.45. The second-order valence-electron chi connectivity index (χ2n) is 6.51. The van der Waals surface area contributed by atoms with Gasteiger partial charge in [0.25, 0.3) is 5.89 Å². The fourth-order valence-corrected chi connectivity index (χ4v) is 4.06. The number of aromatic nitrogens is 6. The van der Waals surface area contributed by atoms with Crippen molar-refractivity contribution in [1.29, 1.82) is 0 Å². The predicted molar refractivity (Wildman–Crippen MR) is 96.6 cm³/mol. The highest BCUT2D eigenvalue weighted by Crippen LogP contribution is 2.33. The molecule has 136 valence electrons. The average molecular weight is 382 g/mol. The molecule has 27 heavy (non-hydrogen) atoms. The third kappa shape index (κ3) is 2.84. The van der Waals surface area contributed by atoms with Crippen molar-refractivity contribution in [2.75, 3.05) is 0 Å². The van der Waals surface area contributed by atoms with Crippen molar-refractivity contribution < 1.29 is 8.81 Å². The highest BCUT2D eigenvalue weighted by molar-refractivity contribution is 7.13. The van der Waals surface area contributed by atoms with Crippen LogP contribution in [0.1, 0.15) is 29.7 Å². The van der Waals surface area contributed by atoms with Crippen molar-refractivity contribution in [2.24, 2.45) is 0 Å². The quantitative estimate of drug-likeness (QED) is 0.538. The van der Waals surface area contributed by atoms with Gasteiger partial charge in [-0.1, -0.05) is 0 Å². The van der Waals surface area contributed by atoms with Gasteiger partial charge in [-0.2, -0.15) is 0 Å². The monoisotopic (exact) mass is 382 g/mol. The fourth-order valence-electron chi connectivity index (χ4n) is 3.34. The number of thiazole rings is 1. The van der Waals surface area contributed by atoms with Crippen molar-refractivity contribution >= 4 is 11.3 Å². The van der Waals surface area contributed by atoms with Gasteiger partial charge in [0.05, 0.1) is 17.1 Å². The number of aryl methyl sites for hydroxylation is 2. The summed E-state index contributed by atoms with van der Waals surface area (Å²) in [5.74, 6) is 2.59. The van der Waals surface area contributed by atoms with Crippen molar-refractivity contribution in [3.05, 3.63) is 53.0 Å². The van der Waals surface area contributed by atoms with Gasteiger partial charge in [0.1, 0.15) is 16.5 Å². The van der Waals surface area contributed by atoms with Crippen LogP contribution in [0, 0.1) is 12.7 Å². The summed E-state index contributed by atoms with van der Waals surface area (Å²) >= 11 is 1.49. The predicted octanol–water partition coefficient (Wildman–Crippen LogP) is 3.63. The second kappa shape index (κ2) is 6.34. The summed E-state index contributed by atoms with van der Waals surface area (Å²) in [5.41, 5.74) is 3.49. The molecule has 4 heterocycles. The number of nitrogens with zero attached hydrogens (tertiary/aromatic N) is 6. The maximum Gasteiger partial charge on any atom is 0.259 e. The Kier molecular flexibility index (Phi) is 3.82. The summed E-state index contributed by atoms with van der Waals surface area (Å²) in [6, 6.07) is 6.29. The van der Waals surface area contributed by atoms with Gasteiger partial charge in [0, 0.05) is 18.5 Å². The molecular weight excluding hydrogens is 367 g/mol. The van der Waals surface area contributed by atoms with Gasteiger partial charge < -0.3 is 8.98 Å². The number of hydrogen-bond donors (Lipinski definition) is 0. The molecule has 0 saturated heterocycles. The number of benzene rings is 1. The SMILES string of the molecule is Cc1ncsc1-c1nnc(C2CCc3nnc(-c4ccc(F)cc4)n3C2)o1. The zero-order chi connectivity index (χ0) is 18.4. The minimum absolute atomic E-state index is 0.0853. The topological polar surface area (TPSA) is 82.5 Å². The first kappa shape index (κ1) is 16.2. The minimum atomic E-state index is -0.272. The lowest BCUT2D eigenvalue weighted by Gasteiger charge is -2.21. The highest BCUT2D eigenvalue weighted by Gasteiger charge is 2.28. The maximum atomic E-state index is 13.2. The first-order valence-corrected chi connectivity index (χ1v) is 9.49. The highest BCUT2D eigenvalue weighted by atomic mass is 32.1. The first-order valence-electron chi connectivity index (χ1n) is 8.61. The standard InChI is InChI=1S/C18H15FN6OS/c1-10-15(27-9-20-10)18-24-23-17(26-18)12-4-7-14-21-22-16(25(14)8-12)11-2-5-13(19)6-3-11/h2-3,5-6,9,12H,4,7-8H2,1H3. The molecular formula is C18H15FN6OS. The van der Waals surface area contributed by atoms with Crippen LogP contribution in [-0.2, 0) is 13.0 Å². The lowest BCUT2D eigenvalue weighted by molar-refractivity contribution is 0.374. The van der Waals surface area contributed by atoms with Crippen LogP contribution < -0.4 is 0 Å². The molecule has 0 saturated carbocycles. The van der Waals surface area contributed by atoms with E-state index in [2.05, 4.69) is 29.9 Å². The molecule has 9 heteroatoms. The van der Waals surface area contributed by atoms with Gasteiger partial charge in [-0.25, -0.2) is 9.37 Å². The zero-order valence-electron chi connectivity index (χ0n) is 14.5. The van der Waals surface area contributed by atoms with Crippen LogP contribution >= 0.6 is 11.3 Å². The van der Waals surface area contributed by atoms with Crippen molar-refractivity contribution in [3.8, 4) is 22.2 Å². The molecule has 0 aliphatic carbocycles. The Bertz CT molecular complexity index is 1100. The maximum absolute atomic E-state index is 13.2. The third-order valence-corrected chi connectivity index (χ3v) is 5.70. The van der Waals surface area contributed by atoms with Gasteiger partial charge in [0.2, 0.25) is 5.89 Å². The molecule has 0 bridgehead atoms. The molecule has 0 spiro atoms. The summed E-state index contributed by atoms with van der Waals surface area (Å²) in [6.07, 6.45) is 1.64. The molecule has 3 aromatic heterocycles. The van der Waals surface area contributed by atoms with Crippen LogP contribution in [0.15, 0.2) is 34.2 Å². The summed E-state index contributed by atoms with van der Waals surface area (Å²) in [5, 5.41) is 17.1. The van der Waals surface area contributed by atoms with Crippen molar-refractivity contribution in [2.45, 2.75) is 32.2 Å². The molecule has 1 aromatic carbocycles. The van der Waals surface area contributed by atoms with Crippen LogP contribution in [0.4, 0.5) is 4.39 Å². The van der Waals surface area contributed by atoms with Gasteiger partial charge in [-0.05, 0) is 37.6 Å². The Morgan fingerprint density at radius 3 is 2.78 bits per heavy atom. The van der Waals surface area contributed by atoms with E-state index in [1.807, 2.05) is 6.92 Å². The van der Waals surface area contributed by atoms with Crippen LogP contribution in [0.25, 0.3) is 22.2 Å². The van der Waals surface area contributed by atoms with Crippen LogP contribution in [0.5, 0.6) is 0 Å². The molecule has 7 nitrogen and oxygen atoms in total. The minimum Gasteiger partial charge on any atom is -0.419 e. The van der Waals surface area contributed by atoms with E-state index >= 15 is 0 Å². The van der Waals surface area contributed by atoms with E-state index in [1.54, 1.807) is 17.6 Å². The third-order valence-electron chi connectivity index (χ3n) is 4.78. The summed E-state index contributed by atoms with van der Waals surface area (Å²) in [7, 11) is 0. The Morgan fingerprint density at radius 2 is 2.00 bits per heavy atom. The molecule has 5 rings (SSSR count). The number of hydrogen-bond acceptors (Lipinski definition) is 7. The Morgan fingerprint density at radius 1 is 1.15 bits per heavy atom. The molecule has 0 fully saturated rings. The second-order valence-corrected chi connectivity index (χ2v) is 7.36. The van der Waals surface area contributed by atoms with E-state index in [0.29, 0.717) is 18.3 Å². The molecule has 1 atom stereocenters. The van der Waals surface area contributed by atoms with E-state index in [-0.39, 0.29) is 11.7 Å². The molecule has 1 unspecified atom stereocenters. The molecule has 1 aliphatic rings. The normalized spacial score (nSPS) is 16.4. The first-order chi connectivity index (χ1) is 13.2.